The Kier molecular flexibility index (Phi) is 7.99. The number of aliphatic hydroxyl groups is 3. The molecule has 0 aromatic carbocycles. The zero-order chi connectivity index (χ0) is 29.3. The minimum atomic E-state index is -4.18. The van der Waals surface area contributed by atoms with Crippen molar-refractivity contribution in [3.05, 3.63) is 0 Å². The summed E-state index contributed by atoms with van der Waals surface area (Å²) < 4.78 is 64.7. The molecular weight excluding hydrogens is 493 g/mol. The first-order chi connectivity index (χ1) is 17.8. The van der Waals surface area contributed by atoms with Crippen molar-refractivity contribution in [1.82, 2.24) is 0 Å². The molecule has 0 aromatic rings. The van der Waals surface area contributed by atoms with Crippen molar-refractivity contribution in [2.75, 3.05) is 12.3 Å². The van der Waals surface area contributed by atoms with Crippen LogP contribution in [0.15, 0.2) is 4.99 Å². The van der Waals surface area contributed by atoms with E-state index in [0.717, 1.165) is 12.8 Å². The second kappa shape index (κ2) is 11.4. The monoisotopic (exact) mass is 541 g/mol. The van der Waals surface area contributed by atoms with Gasteiger partial charge in [0, 0.05) is 5.48 Å². The largest absolute Gasteiger partial charge is 1.00 e. The Morgan fingerprint density at radius 1 is 1.19 bits per heavy atom. The third kappa shape index (κ3) is 5.74. The molecule has 4 aliphatic rings. The topological polar surface area (TPSA) is 150 Å². The Balaban J connectivity index is 0.00000441. The number of aliphatic hydroxyl groups excluding tert-OH is 3. The summed E-state index contributed by atoms with van der Waals surface area (Å²) in [5, 5.41) is 45.9. The normalized spacial score (nSPS) is 50.1. The van der Waals surface area contributed by atoms with E-state index in [1.807, 2.05) is 13.8 Å². The van der Waals surface area contributed by atoms with E-state index in [-0.39, 0.29) is 85.0 Å². The average Bonchev–Trinajstić information content (AvgIpc) is 3.16. The van der Waals surface area contributed by atoms with E-state index in [1.54, 1.807) is 0 Å². The molecule has 0 unspecified atom stereocenters. The molecule has 0 radical (unpaired) electrons. The molecule has 36 heavy (non-hydrogen) atoms. The smallest absolute Gasteiger partial charge is 0.862 e. The van der Waals surface area contributed by atoms with Crippen molar-refractivity contribution in [2.45, 2.75) is 96.8 Å². The second-order valence-corrected chi connectivity index (χ2v) is 13.6. The summed E-state index contributed by atoms with van der Waals surface area (Å²) in [5.74, 6) is -2.23. The van der Waals surface area contributed by atoms with Gasteiger partial charge in [0.1, 0.15) is 0 Å². The van der Waals surface area contributed by atoms with Gasteiger partial charge in [-0.2, -0.15) is 8.42 Å². The molecule has 8 nitrogen and oxygen atoms in total. The zero-order valence-electron chi connectivity index (χ0n) is 25.9. The van der Waals surface area contributed by atoms with Crippen LogP contribution in [0.5, 0.6) is 0 Å². The molecule has 10 heteroatoms. The summed E-state index contributed by atoms with van der Waals surface area (Å²) in [4.78, 5) is 3.72. The summed E-state index contributed by atoms with van der Waals surface area (Å²) >= 11 is 0. The van der Waals surface area contributed by atoms with Crippen molar-refractivity contribution in [3.8, 4) is 0 Å². The van der Waals surface area contributed by atoms with Crippen molar-refractivity contribution < 1.29 is 68.4 Å². The molecule has 202 valence electrons. The molecule has 0 heterocycles. The molecule has 11 atom stereocenters. The van der Waals surface area contributed by atoms with Gasteiger partial charge in [0.15, 0.2) is 0 Å². The summed E-state index contributed by atoms with van der Waals surface area (Å²) in [6, 6.07) is 0. The minimum Gasteiger partial charge on any atom is -0.862 e. The van der Waals surface area contributed by atoms with Crippen molar-refractivity contribution in [3.63, 3.8) is 0 Å². The molecule has 0 aromatic heterocycles. The maximum atomic E-state index is 12.2. The minimum absolute atomic E-state index is 0. The van der Waals surface area contributed by atoms with Crippen LogP contribution in [0.25, 0.3) is 0 Å². The van der Waals surface area contributed by atoms with E-state index in [4.69, 9.17) is 10.0 Å². The summed E-state index contributed by atoms with van der Waals surface area (Å²) in [6.07, 6.45) is -5.09. The van der Waals surface area contributed by atoms with Crippen LogP contribution in [0.4, 0.5) is 0 Å². The summed E-state index contributed by atoms with van der Waals surface area (Å²) in [5.41, 5.74) is -1.37. The third-order valence-corrected chi connectivity index (χ3v) is 10.9. The average molecular weight is 542 g/mol. The first-order valence-electron chi connectivity index (χ1n) is 15.0. The SMILES string of the molecule is [2H]C1([2H])C[C@@]2(C)[C@H](C[C@@H](O)[C@@H]3[C@@H]2C[C@H](O)[C@]2(C)[C@@H]([C@H](C)CCC([O-])=NCCS(=O)(=O)O)CC[C@@H]32)C([2H])([2H])[C@@H]1O.[Na+]. The quantitative estimate of drug-likeness (QED) is 0.140. The molecule has 0 amide bonds. The van der Waals surface area contributed by atoms with Gasteiger partial charge in [-0.1, -0.05) is 20.8 Å². The Bertz CT molecular complexity index is 1080. The maximum absolute atomic E-state index is 12.2. The second-order valence-electron chi connectivity index (χ2n) is 12.0. The molecule has 4 aliphatic carbocycles. The van der Waals surface area contributed by atoms with E-state index in [2.05, 4.69) is 11.9 Å². The predicted octanol–water partition coefficient (Wildman–Crippen LogP) is -0.985. The molecule has 4 saturated carbocycles. The van der Waals surface area contributed by atoms with Gasteiger partial charge in [-0.3, -0.25) is 4.55 Å². The van der Waals surface area contributed by atoms with Gasteiger partial charge in [-0.05, 0) is 110 Å². The molecule has 0 spiro atoms. The van der Waals surface area contributed by atoms with Gasteiger partial charge >= 0.3 is 29.6 Å². The Labute approximate surface area is 244 Å². The van der Waals surface area contributed by atoms with Crippen LogP contribution in [-0.4, -0.2) is 64.8 Å². The van der Waals surface area contributed by atoms with Crippen LogP contribution < -0.4 is 34.7 Å². The van der Waals surface area contributed by atoms with Crippen molar-refractivity contribution in [2.24, 2.45) is 51.3 Å². The van der Waals surface area contributed by atoms with E-state index < -0.39 is 69.6 Å². The van der Waals surface area contributed by atoms with Crippen LogP contribution >= 0.6 is 0 Å². The van der Waals surface area contributed by atoms with E-state index in [1.165, 1.54) is 0 Å². The van der Waals surface area contributed by atoms with Gasteiger partial charge in [-0.15, -0.1) is 0 Å². The van der Waals surface area contributed by atoms with Crippen LogP contribution in [0.3, 0.4) is 0 Å². The molecule has 0 aliphatic heterocycles. The third-order valence-electron chi connectivity index (χ3n) is 10.2. The fraction of sp³-hybridized carbons (Fsp3) is 0.962. The van der Waals surface area contributed by atoms with E-state index >= 15 is 0 Å². The van der Waals surface area contributed by atoms with Gasteiger partial charge in [-0.25, -0.2) is 0 Å². The van der Waals surface area contributed by atoms with Gasteiger partial charge in [0.05, 0.1) is 30.6 Å². The molecular formula is C26H44NNaO7S. The molecule has 4 fully saturated rings. The Hall–Kier alpha value is 0.260. The van der Waals surface area contributed by atoms with Crippen LogP contribution in [0.1, 0.15) is 83.9 Å². The van der Waals surface area contributed by atoms with Crippen LogP contribution in [0, 0.1) is 46.3 Å². The zero-order valence-corrected chi connectivity index (χ0v) is 24.7. The molecule has 0 saturated heterocycles. The fourth-order valence-electron chi connectivity index (χ4n) is 8.35. The Morgan fingerprint density at radius 2 is 1.89 bits per heavy atom. The van der Waals surface area contributed by atoms with Crippen LogP contribution in [0.2, 0.25) is 0 Å². The number of hydrogen-bond acceptors (Lipinski definition) is 7. The Morgan fingerprint density at radius 3 is 2.56 bits per heavy atom. The van der Waals surface area contributed by atoms with Gasteiger partial charge < -0.3 is 25.4 Å². The number of nitrogens with zero attached hydrogens (tertiary/aromatic N) is 1. The predicted molar refractivity (Wildman–Crippen MR) is 131 cm³/mol. The first kappa shape index (κ1) is 25.2. The number of fused-ring (bicyclic) bond motifs is 5. The van der Waals surface area contributed by atoms with E-state index in [9.17, 15) is 28.8 Å². The molecule has 4 N–H and O–H groups in total. The standard InChI is InChI=1S/C26H45NO7S.Na/c1-15(4-7-23(31)27-10-11-35(32,33)34)18-5-6-19-24-20(14-22(30)26(18,19)3)25(2)9-8-17(28)12-16(25)13-21(24)29;/h15-22,24,28-30H,4-14H2,1-3H3,(H,27,31)(H,32,33,34);/q;+1/p-1/t15-,16+,17-,18-,19+,20+,21-,22+,24+,25+,26-;/m1./s1/i8D2,12D2;. The maximum Gasteiger partial charge on any atom is 1.00 e. The first-order valence-corrected chi connectivity index (χ1v) is 14.6. The van der Waals surface area contributed by atoms with Crippen molar-refractivity contribution in [1.29, 1.82) is 0 Å². The fourth-order valence-corrected chi connectivity index (χ4v) is 8.68. The van der Waals surface area contributed by atoms with Crippen LogP contribution in [-0.2, 0) is 10.1 Å². The van der Waals surface area contributed by atoms with E-state index in [0.29, 0.717) is 12.8 Å². The summed E-state index contributed by atoms with van der Waals surface area (Å²) in [7, 11) is -4.18. The van der Waals surface area contributed by atoms with Gasteiger partial charge in [0.25, 0.3) is 10.1 Å². The molecule has 4 rings (SSSR count). The van der Waals surface area contributed by atoms with Gasteiger partial charge in [0.2, 0.25) is 0 Å². The summed E-state index contributed by atoms with van der Waals surface area (Å²) in [6.45, 7) is 5.67. The number of aliphatic imine (C=N–C) groups is 1. The van der Waals surface area contributed by atoms with Crippen molar-refractivity contribution >= 4 is 16.0 Å². The molecule has 0 bridgehead atoms. The number of rotatable bonds is 7. The number of hydrogen-bond donors (Lipinski definition) is 4.